The van der Waals surface area contributed by atoms with Crippen molar-refractivity contribution in [2.75, 3.05) is 0 Å². The van der Waals surface area contributed by atoms with Gasteiger partial charge in [0.05, 0.1) is 22.7 Å². The van der Waals surface area contributed by atoms with Crippen molar-refractivity contribution in [1.82, 2.24) is 4.98 Å². The van der Waals surface area contributed by atoms with Crippen molar-refractivity contribution in [2.45, 2.75) is 12.6 Å². The fourth-order valence-electron chi connectivity index (χ4n) is 0.951. The molecule has 1 aromatic heterocycles. The van der Waals surface area contributed by atoms with Gasteiger partial charge in [-0.2, -0.15) is 13.2 Å². The summed E-state index contributed by atoms with van der Waals surface area (Å²) in [7, 11) is 0. The maximum absolute atomic E-state index is 12.3. The molecule has 1 aromatic rings. The third kappa shape index (κ3) is 3.09. The number of carbonyl (C=O) groups is 1. The fourth-order valence-corrected chi connectivity index (χ4v) is 1.16. The van der Waals surface area contributed by atoms with E-state index in [4.69, 9.17) is 16.7 Å². The average molecular weight is 240 g/mol. The largest absolute Gasteiger partial charge is 0.481 e. The molecule has 0 spiro atoms. The van der Waals surface area contributed by atoms with Crippen molar-refractivity contribution in [3.63, 3.8) is 0 Å². The number of alkyl halides is 3. The minimum atomic E-state index is -4.60. The predicted molar refractivity (Wildman–Crippen MR) is 45.6 cm³/mol. The second-order valence-corrected chi connectivity index (χ2v) is 3.13. The van der Waals surface area contributed by atoms with E-state index in [9.17, 15) is 18.0 Å². The molecule has 15 heavy (non-hydrogen) atoms. The molecule has 1 rings (SSSR count). The molecule has 0 aromatic carbocycles. The van der Waals surface area contributed by atoms with Crippen molar-refractivity contribution in [1.29, 1.82) is 0 Å². The van der Waals surface area contributed by atoms with Crippen LogP contribution >= 0.6 is 11.6 Å². The Balaban J connectivity index is 3.11. The molecule has 0 atom stereocenters. The number of hydrogen-bond acceptors (Lipinski definition) is 2. The van der Waals surface area contributed by atoms with Gasteiger partial charge in [-0.05, 0) is 6.07 Å². The number of nitrogens with zero attached hydrogens (tertiary/aromatic N) is 1. The quantitative estimate of drug-likeness (QED) is 0.862. The first-order chi connectivity index (χ1) is 6.80. The molecule has 0 bridgehead atoms. The van der Waals surface area contributed by atoms with Crippen molar-refractivity contribution >= 4 is 17.6 Å². The highest BCUT2D eigenvalue weighted by molar-refractivity contribution is 6.31. The second kappa shape index (κ2) is 4.06. The van der Waals surface area contributed by atoms with E-state index >= 15 is 0 Å². The normalized spacial score (nSPS) is 11.5. The highest BCUT2D eigenvalue weighted by atomic mass is 35.5. The lowest BCUT2D eigenvalue weighted by atomic mass is 10.2. The first kappa shape index (κ1) is 11.8. The Morgan fingerprint density at radius 1 is 1.53 bits per heavy atom. The standard InChI is InChI=1S/C8H5ClF3NO2/c9-6-3-13-4(2-7(14)15)1-5(6)8(10,11)12/h1,3H,2H2,(H,14,15). The van der Waals surface area contributed by atoms with Crippen LogP contribution in [-0.4, -0.2) is 16.1 Å². The minimum absolute atomic E-state index is 0.181. The van der Waals surface area contributed by atoms with Gasteiger partial charge in [0, 0.05) is 6.20 Å². The van der Waals surface area contributed by atoms with Gasteiger partial charge >= 0.3 is 12.1 Å². The second-order valence-electron chi connectivity index (χ2n) is 2.72. The summed E-state index contributed by atoms with van der Waals surface area (Å²) >= 11 is 5.29. The Kier molecular flexibility index (Phi) is 3.18. The van der Waals surface area contributed by atoms with E-state index in [0.29, 0.717) is 6.07 Å². The third-order valence-electron chi connectivity index (χ3n) is 1.55. The van der Waals surface area contributed by atoms with Crippen molar-refractivity contribution in [2.24, 2.45) is 0 Å². The van der Waals surface area contributed by atoms with Crippen molar-refractivity contribution in [3.8, 4) is 0 Å². The Labute approximate surface area is 87.5 Å². The van der Waals surface area contributed by atoms with E-state index < -0.39 is 29.2 Å². The number of halogens is 4. The van der Waals surface area contributed by atoms with E-state index in [1.54, 1.807) is 0 Å². The van der Waals surface area contributed by atoms with E-state index in [2.05, 4.69) is 4.98 Å². The van der Waals surface area contributed by atoms with Gasteiger partial charge in [-0.3, -0.25) is 9.78 Å². The van der Waals surface area contributed by atoms with Crippen LogP contribution in [0.25, 0.3) is 0 Å². The summed E-state index contributed by atoms with van der Waals surface area (Å²) in [5.74, 6) is -1.25. The zero-order valence-corrected chi connectivity index (χ0v) is 7.93. The first-order valence-electron chi connectivity index (χ1n) is 3.74. The van der Waals surface area contributed by atoms with Crippen LogP contribution in [0.15, 0.2) is 12.3 Å². The van der Waals surface area contributed by atoms with Gasteiger partial charge in [-0.25, -0.2) is 0 Å². The summed E-state index contributed by atoms with van der Waals surface area (Å²) in [6, 6.07) is 0.635. The number of carboxylic acid groups (broad SMARTS) is 1. The molecule has 1 heterocycles. The molecule has 7 heteroatoms. The number of rotatable bonds is 2. The topological polar surface area (TPSA) is 50.2 Å². The van der Waals surface area contributed by atoms with Crippen molar-refractivity contribution < 1.29 is 23.1 Å². The Morgan fingerprint density at radius 3 is 2.60 bits per heavy atom. The van der Waals surface area contributed by atoms with Crippen LogP contribution in [0.2, 0.25) is 5.02 Å². The van der Waals surface area contributed by atoms with Gasteiger partial charge in [0.1, 0.15) is 0 Å². The highest BCUT2D eigenvalue weighted by Gasteiger charge is 2.33. The summed E-state index contributed by atoms with van der Waals surface area (Å²) in [5.41, 5.74) is -1.25. The number of carboxylic acids is 1. The molecule has 0 aliphatic heterocycles. The van der Waals surface area contributed by atoms with Crippen LogP contribution in [0.5, 0.6) is 0 Å². The highest BCUT2D eigenvalue weighted by Crippen LogP contribution is 2.34. The van der Waals surface area contributed by atoms with Crippen LogP contribution < -0.4 is 0 Å². The lowest BCUT2D eigenvalue weighted by molar-refractivity contribution is -0.138. The number of pyridine rings is 1. The maximum Gasteiger partial charge on any atom is 0.417 e. The molecule has 0 radical (unpaired) electrons. The summed E-state index contributed by atoms with van der Waals surface area (Å²) < 4.78 is 36.9. The van der Waals surface area contributed by atoms with E-state index in [0.717, 1.165) is 6.20 Å². The zero-order chi connectivity index (χ0) is 11.6. The molecule has 3 nitrogen and oxygen atoms in total. The lowest BCUT2D eigenvalue weighted by Crippen LogP contribution is -2.09. The number of aliphatic carboxylic acids is 1. The molecular weight excluding hydrogens is 235 g/mol. The fraction of sp³-hybridized carbons (Fsp3) is 0.250. The molecule has 0 saturated heterocycles. The molecule has 0 amide bonds. The summed E-state index contributed by atoms with van der Waals surface area (Å²) in [4.78, 5) is 13.7. The Bertz CT molecular complexity index is 392. The van der Waals surface area contributed by atoms with Gasteiger partial charge < -0.3 is 5.11 Å². The van der Waals surface area contributed by atoms with Crippen LogP contribution in [0.3, 0.4) is 0 Å². The third-order valence-corrected chi connectivity index (χ3v) is 1.85. The lowest BCUT2D eigenvalue weighted by Gasteiger charge is -2.09. The number of hydrogen-bond donors (Lipinski definition) is 1. The molecule has 0 saturated carbocycles. The van der Waals surface area contributed by atoms with E-state index in [1.165, 1.54) is 0 Å². The monoisotopic (exact) mass is 239 g/mol. The minimum Gasteiger partial charge on any atom is -0.481 e. The molecule has 0 fully saturated rings. The van der Waals surface area contributed by atoms with Gasteiger partial charge in [0.2, 0.25) is 0 Å². The maximum atomic E-state index is 12.3. The zero-order valence-electron chi connectivity index (χ0n) is 7.18. The van der Waals surface area contributed by atoms with E-state index in [1.807, 2.05) is 0 Å². The van der Waals surface area contributed by atoms with Crippen LogP contribution in [0.4, 0.5) is 13.2 Å². The molecule has 82 valence electrons. The van der Waals surface area contributed by atoms with E-state index in [-0.39, 0.29) is 5.69 Å². The summed E-state index contributed by atoms with van der Waals surface area (Å²) in [6.07, 6.45) is -4.38. The summed E-state index contributed by atoms with van der Waals surface area (Å²) in [6.45, 7) is 0. The number of aromatic nitrogens is 1. The average Bonchev–Trinajstić information content (AvgIpc) is 2.05. The summed E-state index contributed by atoms with van der Waals surface area (Å²) in [5, 5.41) is 7.83. The predicted octanol–water partition coefficient (Wildman–Crippen LogP) is 2.38. The van der Waals surface area contributed by atoms with Gasteiger partial charge in [-0.1, -0.05) is 11.6 Å². The van der Waals surface area contributed by atoms with Gasteiger partial charge in [-0.15, -0.1) is 0 Å². The molecular formula is C8H5ClF3NO2. The van der Waals surface area contributed by atoms with Gasteiger partial charge in [0.15, 0.2) is 0 Å². The first-order valence-corrected chi connectivity index (χ1v) is 4.12. The molecule has 0 aliphatic rings. The molecule has 1 N–H and O–H groups in total. The Hall–Kier alpha value is -1.30. The van der Waals surface area contributed by atoms with Crippen LogP contribution in [0, 0.1) is 0 Å². The van der Waals surface area contributed by atoms with Gasteiger partial charge in [0.25, 0.3) is 0 Å². The SMILES string of the molecule is O=C(O)Cc1cc(C(F)(F)F)c(Cl)cn1. The van der Waals surface area contributed by atoms with Crippen LogP contribution in [0.1, 0.15) is 11.3 Å². The smallest absolute Gasteiger partial charge is 0.417 e. The molecule has 0 unspecified atom stereocenters. The van der Waals surface area contributed by atoms with Crippen LogP contribution in [-0.2, 0) is 17.4 Å². The van der Waals surface area contributed by atoms with Crippen molar-refractivity contribution in [3.05, 3.63) is 28.5 Å². The Morgan fingerprint density at radius 2 is 2.13 bits per heavy atom. The molecule has 0 aliphatic carbocycles.